The van der Waals surface area contributed by atoms with Gasteiger partial charge in [0.25, 0.3) is 11.6 Å². The summed E-state index contributed by atoms with van der Waals surface area (Å²) in [6, 6.07) is 9.29. The van der Waals surface area contributed by atoms with Crippen LogP contribution in [-0.2, 0) is 6.54 Å². The minimum absolute atomic E-state index is 0.00759. The van der Waals surface area contributed by atoms with Crippen molar-refractivity contribution < 1.29 is 23.6 Å². The molecule has 2 aliphatic heterocycles. The smallest absolute Gasteiger partial charge is 0.286 e. The van der Waals surface area contributed by atoms with Crippen molar-refractivity contribution in [3.63, 3.8) is 0 Å². The first-order valence-electron chi connectivity index (χ1n) is 9.86. The molecule has 2 aromatic rings. The van der Waals surface area contributed by atoms with Crippen molar-refractivity contribution in [1.29, 1.82) is 0 Å². The third-order valence-corrected chi connectivity index (χ3v) is 5.32. The number of nitrogens with zero attached hydrogens (tertiary/aromatic N) is 3. The molecule has 2 heterocycles. The predicted octanol–water partition coefficient (Wildman–Crippen LogP) is 2.85. The van der Waals surface area contributed by atoms with E-state index in [0.717, 1.165) is 0 Å². The summed E-state index contributed by atoms with van der Waals surface area (Å²) in [5.74, 6) is -0.0457. The lowest BCUT2D eigenvalue weighted by molar-refractivity contribution is -0.385. The lowest BCUT2D eigenvalue weighted by atomic mass is 10.1. The quantitative estimate of drug-likeness (QED) is 0.564. The maximum atomic E-state index is 14.0. The summed E-state index contributed by atoms with van der Waals surface area (Å²) in [4.78, 5) is 27.8. The van der Waals surface area contributed by atoms with Crippen molar-refractivity contribution in [1.82, 2.24) is 9.80 Å². The van der Waals surface area contributed by atoms with Gasteiger partial charge in [-0.2, -0.15) is 0 Å². The minimum Gasteiger partial charge on any atom is -0.486 e. The zero-order chi connectivity index (χ0) is 21.1. The van der Waals surface area contributed by atoms with Gasteiger partial charge in [-0.1, -0.05) is 18.2 Å². The summed E-state index contributed by atoms with van der Waals surface area (Å²) < 4.78 is 24.9. The van der Waals surface area contributed by atoms with Crippen molar-refractivity contribution in [3.05, 3.63) is 63.5 Å². The van der Waals surface area contributed by atoms with Crippen molar-refractivity contribution in [3.8, 4) is 11.5 Å². The van der Waals surface area contributed by atoms with Gasteiger partial charge in [0.05, 0.1) is 11.0 Å². The Morgan fingerprint density at radius 3 is 2.53 bits per heavy atom. The lowest BCUT2D eigenvalue weighted by Crippen LogP contribution is -2.35. The van der Waals surface area contributed by atoms with Crippen LogP contribution < -0.4 is 9.47 Å². The van der Waals surface area contributed by atoms with E-state index in [-0.39, 0.29) is 22.8 Å². The van der Waals surface area contributed by atoms with Gasteiger partial charge in [-0.15, -0.1) is 0 Å². The fourth-order valence-corrected chi connectivity index (χ4v) is 3.77. The van der Waals surface area contributed by atoms with Crippen LogP contribution in [0.3, 0.4) is 0 Å². The fraction of sp³-hybridized carbons (Fsp3) is 0.381. The first-order chi connectivity index (χ1) is 14.5. The highest BCUT2D eigenvalue weighted by Gasteiger charge is 2.30. The van der Waals surface area contributed by atoms with E-state index in [4.69, 9.17) is 9.47 Å². The molecular weight excluding hydrogens is 393 g/mol. The average Bonchev–Trinajstić information content (AvgIpc) is 2.99. The van der Waals surface area contributed by atoms with Crippen molar-refractivity contribution in [2.75, 3.05) is 39.4 Å². The first-order valence-corrected chi connectivity index (χ1v) is 9.86. The predicted molar refractivity (Wildman–Crippen MR) is 106 cm³/mol. The van der Waals surface area contributed by atoms with E-state index in [9.17, 15) is 19.3 Å². The number of hydrogen-bond donors (Lipinski definition) is 0. The van der Waals surface area contributed by atoms with E-state index >= 15 is 0 Å². The number of amides is 1. The number of hydrogen-bond acceptors (Lipinski definition) is 6. The molecule has 158 valence electrons. The molecule has 1 fully saturated rings. The van der Waals surface area contributed by atoms with E-state index in [1.54, 1.807) is 23.1 Å². The molecule has 0 bridgehead atoms. The largest absolute Gasteiger partial charge is 0.486 e. The molecule has 0 unspecified atom stereocenters. The van der Waals surface area contributed by atoms with Crippen LogP contribution in [0.4, 0.5) is 10.1 Å². The van der Waals surface area contributed by atoms with Gasteiger partial charge in [0.15, 0.2) is 11.5 Å². The molecule has 0 aliphatic carbocycles. The second-order valence-electron chi connectivity index (χ2n) is 7.28. The molecule has 0 N–H and O–H groups in total. The molecule has 4 rings (SSSR count). The zero-order valence-electron chi connectivity index (χ0n) is 16.4. The Hall–Kier alpha value is -3.20. The van der Waals surface area contributed by atoms with Crippen LogP contribution in [0.15, 0.2) is 36.4 Å². The summed E-state index contributed by atoms with van der Waals surface area (Å²) in [7, 11) is 0. The van der Waals surface area contributed by atoms with Gasteiger partial charge in [-0.05, 0) is 12.5 Å². The topological polar surface area (TPSA) is 85.1 Å². The van der Waals surface area contributed by atoms with Crippen molar-refractivity contribution >= 4 is 11.6 Å². The van der Waals surface area contributed by atoms with Crippen LogP contribution in [0.1, 0.15) is 22.3 Å². The Morgan fingerprint density at radius 2 is 1.80 bits per heavy atom. The maximum absolute atomic E-state index is 14.0. The molecule has 0 atom stereocenters. The van der Waals surface area contributed by atoms with Crippen LogP contribution in [-0.4, -0.2) is 60.0 Å². The highest BCUT2D eigenvalue weighted by atomic mass is 19.1. The van der Waals surface area contributed by atoms with E-state index in [2.05, 4.69) is 4.90 Å². The van der Waals surface area contributed by atoms with Crippen LogP contribution in [0.5, 0.6) is 11.5 Å². The number of carbonyl (C=O) groups is 1. The molecule has 8 nitrogen and oxygen atoms in total. The Morgan fingerprint density at radius 1 is 1.07 bits per heavy atom. The summed E-state index contributed by atoms with van der Waals surface area (Å²) in [6.07, 6.45) is 0.693. The second kappa shape index (κ2) is 8.66. The molecule has 1 saturated heterocycles. The number of benzene rings is 2. The molecule has 0 saturated carbocycles. The summed E-state index contributed by atoms with van der Waals surface area (Å²) in [5, 5.41) is 11.5. The third kappa shape index (κ3) is 4.20. The van der Waals surface area contributed by atoms with Crippen LogP contribution in [0.25, 0.3) is 0 Å². The Bertz CT molecular complexity index is 968. The molecule has 0 aromatic heterocycles. The van der Waals surface area contributed by atoms with Crippen LogP contribution >= 0.6 is 0 Å². The van der Waals surface area contributed by atoms with Gasteiger partial charge >= 0.3 is 0 Å². The second-order valence-corrected chi connectivity index (χ2v) is 7.28. The Labute approximate surface area is 172 Å². The first kappa shape index (κ1) is 20.1. The molecule has 30 heavy (non-hydrogen) atoms. The number of ether oxygens (including phenoxy) is 2. The Balaban J connectivity index is 1.50. The number of nitro groups is 1. The molecule has 0 spiro atoms. The number of nitro benzene ring substituents is 1. The van der Waals surface area contributed by atoms with E-state index in [0.29, 0.717) is 63.7 Å². The molecule has 9 heteroatoms. The van der Waals surface area contributed by atoms with Gasteiger partial charge in [0.1, 0.15) is 24.6 Å². The highest BCUT2D eigenvalue weighted by molar-refractivity contribution is 5.99. The average molecular weight is 415 g/mol. The fourth-order valence-electron chi connectivity index (χ4n) is 3.77. The van der Waals surface area contributed by atoms with Gasteiger partial charge in [-0.3, -0.25) is 19.8 Å². The van der Waals surface area contributed by atoms with Gasteiger partial charge in [0.2, 0.25) is 0 Å². The van der Waals surface area contributed by atoms with Crippen LogP contribution in [0.2, 0.25) is 0 Å². The minimum atomic E-state index is -0.576. The number of carbonyl (C=O) groups excluding carboxylic acids is 1. The van der Waals surface area contributed by atoms with E-state index in [1.165, 1.54) is 18.2 Å². The summed E-state index contributed by atoms with van der Waals surface area (Å²) in [5.41, 5.74) is 0.309. The van der Waals surface area contributed by atoms with E-state index in [1.807, 2.05) is 0 Å². The lowest BCUT2D eigenvalue weighted by Gasteiger charge is -2.23. The Kier molecular flexibility index (Phi) is 5.80. The molecular formula is C21H22FN3O5. The standard InChI is InChI=1S/C21H22FN3O5/c22-17-5-2-1-4-15(17)14-23-6-3-7-24(9-8-23)21(26)16-12-19-20(30-11-10-29-19)13-18(16)25(27)28/h1-2,4-5,12-13H,3,6-11,14H2. The molecule has 0 radical (unpaired) electrons. The summed E-state index contributed by atoms with van der Waals surface area (Å²) >= 11 is 0. The van der Waals surface area contributed by atoms with Crippen molar-refractivity contribution in [2.45, 2.75) is 13.0 Å². The SMILES string of the molecule is O=C(c1cc2c(cc1[N+](=O)[O-])OCCO2)N1CCCN(Cc2ccccc2F)CC1. The maximum Gasteiger partial charge on any atom is 0.286 e. The highest BCUT2D eigenvalue weighted by Crippen LogP contribution is 2.37. The molecule has 2 aromatic carbocycles. The number of fused-ring (bicyclic) bond motifs is 1. The van der Waals surface area contributed by atoms with Crippen molar-refractivity contribution in [2.24, 2.45) is 0 Å². The number of halogens is 1. The number of rotatable bonds is 4. The van der Waals surface area contributed by atoms with Gasteiger partial charge in [-0.25, -0.2) is 4.39 Å². The molecule has 1 amide bonds. The summed E-state index contributed by atoms with van der Waals surface area (Å²) in [6.45, 7) is 3.23. The normalized spacial score (nSPS) is 16.8. The third-order valence-electron chi connectivity index (χ3n) is 5.32. The monoisotopic (exact) mass is 415 g/mol. The van der Waals surface area contributed by atoms with Gasteiger partial charge < -0.3 is 14.4 Å². The molecule has 2 aliphatic rings. The van der Waals surface area contributed by atoms with Gasteiger partial charge in [0, 0.05) is 44.4 Å². The zero-order valence-corrected chi connectivity index (χ0v) is 16.4. The van der Waals surface area contributed by atoms with Crippen LogP contribution in [0, 0.1) is 15.9 Å². The van der Waals surface area contributed by atoms with E-state index < -0.39 is 10.8 Å².